The first-order valence-electron chi connectivity index (χ1n) is 7.21. The van der Waals surface area contributed by atoms with E-state index >= 15 is 0 Å². The molecule has 24 heavy (non-hydrogen) atoms. The fourth-order valence-electron chi connectivity index (χ4n) is 2.14. The van der Waals surface area contributed by atoms with Crippen LogP contribution in [0, 0.1) is 0 Å². The van der Waals surface area contributed by atoms with Crippen LogP contribution in [-0.4, -0.2) is 34.7 Å². The van der Waals surface area contributed by atoms with Crippen molar-refractivity contribution in [1.29, 1.82) is 0 Å². The van der Waals surface area contributed by atoms with Crippen LogP contribution in [0.15, 0.2) is 53.7 Å². The highest BCUT2D eigenvalue weighted by Gasteiger charge is 2.08. The Morgan fingerprint density at radius 3 is 2.62 bits per heavy atom. The minimum absolute atomic E-state index is 0.147. The summed E-state index contributed by atoms with van der Waals surface area (Å²) in [6.07, 6.45) is 0. The summed E-state index contributed by atoms with van der Waals surface area (Å²) in [5.41, 5.74) is 2.88. The van der Waals surface area contributed by atoms with E-state index in [0.29, 0.717) is 16.4 Å². The predicted molar refractivity (Wildman–Crippen MR) is 93.2 cm³/mol. The van der Waals surface area contributed by atoms with Crippen LogP contribution in [0.25, 0.3) is 11.0 Å². The number of aromatic amines is 1. The molecule has 3 aromatic rings. The molecule has 1 amide bonds. The average molecular weight is 341 g/mol. The number of ether oxygens (including phenoxy) is 1. The number of nitrogens with zero attached hydrogens (tertiary/aromatic N) is 1. The molecule has 0 aliphatic heterocycles. The summed E-state index contributed by atoms with van der Waals surface area (Å²) in [7, 11) is 1.33. The Kier molecular flexibility index (Phi) is 4.81. The number of anilines is 1. The minimum atomic E-state index is -0.409. The number of thioether (sulfide) groups is 1. The van der Waals surface area contributed by atoms with Gasteiger partial charge in [0.15, 0.2) is 5.16 Å². The van der Waals surface area contributed by atoms with Gasteiger partial charge in [0, 0.05) is 5.69 Å². The second-order valence-electron chi connectivity index (χ2n) is 4.96. The number of imidazole rings is 1. The van der Waals surface area contributed by atoms with Crippen molar-refractivity contribution >= 4 is 40.4 Å². The summed E-state index contributed by atoms with van der Waals surface area (Å²) in [5.74, 6) is -0.321. The lowest BCUT2D eigenvalue weighted by Crippen LogP contribution is -2.14. The molecule has 0 aliphatic rings. The van der Waals surface area contributed by atoms with E-state index < -0.39 is 5.97 Å². The molecule has 7 heteroatoms. The minimum Gasteiger partial charge on any atom is -0.465 e. The maximum absolute atomic E-state index is 12.0. The lowest BCUT2D eigenvalue weighted by atomic mass is 10.2. The van der Waals surface area contributed by atoms with Gasteiger partial charge in [-0.2, -0.15) is 0 Å². The molecule has 0 saturated heterocycles. The molecule has 0 spiro atoms. The summed E-state index contributed by atoms with van der Waals surface area (Å²) in [6, 6.07) is 14.2. The van der Waals surface area contributed by atoms with Gasteiger partial charge >= 0.3 is 5.97 Å². The van der Waals surface area contributed by atoms with E-state index in [0.717, 1.165) is 11.0 Å². The summed E-state index contributed by atoms with van der Waals surface area (Å²) < 4.78 is 4.63. The number of carbonyl (C=O) groups excluding carboxylic acids is 2. The van der Waals surface area contributed by atoms with Gasteiger partial charge in [-0.15, -0.1) is 0 Å². The first kappa shape index (κ1) is 16.1. The number of hydrogen-bond donors (Lipinski definition) is 2. The van der Waals surface area contributed by atoms with Crippen molar-refractivity contribution in [2.45, 2.75) is 5.16 Å². The van der Waals surface area contributed by atoms with Crippen molar-refractivity contribution < 1.29 is 14.3 Å². The van der Waals surface area contributed by atoms with Gasteiger partial charge in [-0.3, -0.25) is 4.79 Å². The maximum atomic E-state index is 12.0. The number of hydrogen-bond acceptors (Lipinski definition) is 5. The first-order chi connectivity index (χ1) is 11.7. The number of amides is 1. The van der Waals surface area contributed by atoms with Crippen LogP contribution in [0.2, 0.25) is 0 Å². The first-order valence-corrected chi connectivity index (χ1v) is 8.20. The van der Waals surface area contributed by atoms with Crippen LogP contribution in [0.1, 0.15) is 10.4 Å². The number of carbonyl (C=O) groups is 2. The molecular formula is C17H15N3O3S. The molecule has 3 rings (SSSR count). The second kappa shape index (κ2) is 7.18. The lowest BCUT2D eigenvalue weighted by Gasteiger charge is -2.05. The van der Waals surface area contributed by atoms with E-state index in [9.17, 15) is 9.59 Å². The third-order valence-electron chi connectivity index (χ3n) is 3.30. The van der Waals surface area contributed by atoms with E-state index in [2.05, 4.69) is 20.0 Å². The summed E-state index contributed by atoms with van der Waals surface area (Å²) in [4.78, 5) is 30.9. The number of benzene rings is 2. The number of methoxy groups -OCH3 is 1. The standard InChI is InChI=1S/C17H15N3O3S/c1-23-16(22)11-6-8-12(9-7-11)18-15(21)10-24-17-19-13-4-2-3-5-14(13)20-17/h2-9H,10H2,1H3,(H,18,21)(H,19,20). The second-order valence-corrected chi connectivity index (χ2v) is 5.93. The third kappa shape index (κ3) is 3.75. The summed E-state index contributed by atoms with van der Waals surface area (Å²) in [6.45, 7) is 0. The van der Waals surface area contributed by atoms with Gasteiger partial charge in [0.2, 0.25) is 5.91 Å². The zero-order valence-electron chi connectivity index (χ0n) is 12.9. The van der Waals surface area contributed by atoms with Crippen molar-refractivity contribution in [3.05, 3.63) is 54.1 Å². The SMILES string of the molecule is COC(=O)c1ccc(NC(=O)CSc2nc3ccccc3[nH]2)cc1. The Balaban J connectivity index is 1.56. The Morgan fingerprint density at radius 2 is 1.92 bits per heavy atom. The van der Waals surface area contributed by atoms with Crippen LogP contribution in [0.4, 0.5) is 5.69 Å². The zero-order valence-corrected chi connectivity index (χ0v) is 13.7. The van der Waals surface area contributed by atoms with Crippen LogP contribution < -0.4 is 5.32 Å². The van der Waals surface area contributed by atoms with Gasteiger partial charge < -0.3 is 15.0 Å². The Hall–Kier alpha value is -2.80. The number of rotatable bonds is 5. The normalized spacial score (nSPS) is 10.5. The molecular weight excluding hydrogens is 326 g/mol. The molecule has 0 saturated carbocycles. The Bertz CT molecular complexity index is 841. The Labute approximate surface area is 142 Å². The average Bonchev–Trinajstić information content (AvgIpc) is 3.03. The topological polar surface area (TPSA) is 84.1 Å². The fraction of sp³-hybridized carbons (Fsp3) is 0.118. The molecule has 6 nitrogen and oxygen atoms in total. The molecule has 0 fully saturated rings. The molecule has 0 atom stereocenters. The number of aromatic nitrogens is 2. The van der Waals surface area contributed by atoms with E-state index in [-0.39, 0.29) is 11.7 Å². The smallest absolute Gasteiger partial charge is 0.337 e. The highest BCUT2D eigenvalue weighted by molar-refractivity contribution is 7.99. The van der Waals surface area contributed by atoms with Gasteiger partial charge in [-0.25, -0.2) is 9.78 Å². The van der Waals surface area contributed by atoms with E-state index in [1.165, 1.54) is 18.9 Å². The van der Waals surface area contributed by atoms with Crippen LogP contribution >= 0.6 is 11.8 Å². The number of nitrogens with one attached hydrogen (secondary N) is 2. The lowest BCUT2D eigenvalue weighted by molar-refractivity contribution is -0.113. The highest BCUT2D eigenvalue weighted by Crippen LogP contribution is 2.19. The van der Waals surface area contributed by atoms with Gasteiger partial charge in [0.25, 0.3) is 0 Å². The summed E-state index contributed by atoms with van der Waals surface area (Å²) >= 11 is 1.33. The van der Waals surface area contributed by atoms with Crippen molar-refractivity contribution in [2.24, 2.45) is 0 Å². The predicted octanol–water partition coefficient (Wildman–Crippen LogP) is 3.08. The van der Waals surface area contributed by atoms with Crippen LogP contribution in [0.3, 0.4) is 0 Å². The van der Waals surface area contributed by atoms with Crippen LogP contribution in [0.5, 0.6) is 0 Å². The molecule has 0 bridgehead atoms. The van der Waals surface area contributed by atoms with Crippen LogP contribution in [-0.2, 0) is 9.53 Å². The van der Waals surface area contributed by atoms with E-state index in [4.69, 9.17) is 0 Å². The third-order valence-corrected chi connectivity index (χ3v) is 4.17. The molecule has 2 aromatic carbocycles. The van der Waals surface area contributed by atoms with Crippen molar-refractivity contribution in [2.75, 3.05) is 18.2 Å². The van der Waals surface area contributed by atoms with Gasteiger partial charge in [-0.1, -0.05) is 23.9 Å². The van der Waals surface area contributed by atoms with Gasteiger partial charge in [0.05, 0.1) is 29.5 Å². The molecule has 2 N–H and O–H groups in total. The van der Waals surface area contributed by atoms with Gasteiger partial charge in [0.1, 0.15) is 0 Å². The number of H-pyrrole nitrogens is 1. The fourth-order valence-corrected chi connectivity index (χ4v) is 2.82. The van der Waals surface area contributed by atoms with Crippen molar-refractivity contribution in [3.63, 3.8) is 0 Å². The largest absolute Gasteiger partial charge is 0.465 e. The molecule has 122 valence electrons. The molecule has 0 unspecified atom stereocenters. The zero-order chi connectivity index (χ0) is 16.9. The highest BCUT2D eigenvalue weighted by atomic mass is 32.2. The molecule has 0 aliphatic carbocycles. The molecule has 1 aromatic heterocycles. The number of fused-ring (bicyclic) bond motifs is 1. The van der Waals surface area contributed by atoms with Crippen molar-refractivity contribution in [3.8, 4) is 0 Å². The quantitative estimate of drug-likeness (QED) is 0.550. The maximum Gasteiger partial charge on any atom is 0.337 e. The monoisotopic (exact) mass is 341 g/mol. The molecule has 0 radical (unpaired) electrons. The van der Waals surface area contributed by atoms with Gasteiger partial charge in [-0.05, 0) is 36.4 Å². The van der Waals surface area contributed by atoms with E-state index in [1.807, 2.05) is 24.3 Å². The Morgan fingerprint density at radius 1 is 1.17 bits per heavy atom. The summed E-state index contributed by atoms with van der Waals surface area (Å²) in [5, 5.41) is 3.48. The molecule has 1 heterocycles. The van der Waals surface area contributed by atoms with Crippen molar-refractivity contribution in [1.82, 2.24) is 9.97 Å². The number of esters is 1. The van der Waals surface area contributed by atoms with E-state index in [1.54, 1.807) is 24.3 Å². The number of para-hydroxylation sites is 2.